The van der Waals surface area contributed by atoms with Gasteiger partial charge >= 0.3 is 0 Å². The largest absolute Gasteiger partial charge is 0.335 e. The Hall–Kier alpha value is -2.41. The number of rotatable bonds is 4. The zero-order valence-corrected chi connectivity index (χ0v) is 13.6. The molecule has 1 aliphatic heterocycles. The maximum atomic E-state index is 12.6. The summed E-state index contributed by atoms with van der Waals surface area (Å²) in [7, 11) is 3.16. The molecule has 3 amide bonds. The first-order valence-electron chi connectivity index (χ1n) is 7.58. The molecule has 0 bridgehead atoms. The van der Waals surface area contributed by atoms with Gasteiger partial charge in [0, 0.05) is 14.1 Å². The van der Waals surface area contributed by atoms with E-state index < -0.39 is 29.8 Å². The van der Waals surface area contributed by atoms with E-state index in [1.807, 2.05) is 6.92 Å². The Kier molecular flexibility index (Phi) is 5.00. The van der Waals surface area contributed by atoms with Gasteiger partial charge in [0.2, 0.25) is 5.91 Å². The molecule has 7 heteroatoms. The number of carbonyl (C=O) groups excluding carboxylic acids is 3. The third kappa shape index (κ3) is 3.19. The van der Waals surface area contributed by atoms with Crippen molar-refractivity contribution in [1.82, 2.24) is 5.32 Å². The number of benzene rings is 1. The van der Waals surface area contributed by atoms with Crippen LogP contribution in [0.1, 0.15) is 19.8 Å². The molecule has 1 heterocycles. The van der Waals surface area contributed by atoms with Crippen molar-refractivity contribution in [3.05, 3.63) is 24.3 Å². The number of carbonyl (C=O) groups is 3. The lowest BCUT2D eigenvalue weighted by Gasteiger charge is -2.22. The Morgan fingerprint density at radius 1 is 1.17 bits per heavy atom. The van der Waals surface area contributed by atoms with E-state index in [0.29, 0.717) is 17.8 Å². The number of anilines is 2. The minimum Gasteiger partial charge on any atom is -0.335 e. The van der Waals surface area contributed by atoms with Gasteiger partial charge < -0.3 is 20.9 Å². The van der Waals surface area contributed by atoms with Crippen molar-refractivity contribution < 1.29 is 14.4 Å². The van der Waals surface area contributed by atoms with E-state index in [2.05, 4.69) is 5.32 Å². The van der Waals surface area contributed by atoms with Crippen LogP contribution in [0.25, 0.3) is 0 Å². The van der Waals surface area contributed by atoms with Gasteiger partial charge in [-0.05, 0) is 18.6 Å². The van der Waals surface area contributed by atoms with E-state index in [1.165, 1.54) is 9.80 Å². The van der Waals surface area contributed by atoms with Gasteiger partial charge in [0.25, 0.3) is 11.8 Å². The van der Waals surface area contributed by atoms with E-state index >= 15 is 0 Å². The number of nitrogens with two attached hydrogens (primary N) is 1. The molecular weight excluding hydrogens is 296 g/mol. The zero-order valence-electron chi connectivity index (χ0n) is 13.6. The van der Waals surface area contributed by atoms with Gasteiger partial charge in [0.15, 0.2) is 6.04 Å². The average Bonchev–Trinajstić information content (AvgIpc) is 2.62. The molecule has 0 aromatic heterocycles. The van der Waals surface area contributed by atoms with Crippen molar-refractivity contribution in [1.29, 1.82) is 0 Å². The van der Waals surface area contributed by atoms with Crippen molar-refractivity contribution >= 4 is 29.1 Å². The molecule has 1 aromatic rings. The van der Waals surface area contributed by atoms with E-state index in [9.17, 15) is 14.4 Å². The summed E-state index contributed by atoms with van der Waals surface area (Å²) in [6, 6.07) is 5.08. The van der Waals surface area contributed by atoms with Gasteiger partial charge in [-0.2, -0.15) is 0 Å². The molecule has 2 rings (SSSR count). The van der Waals surface area contributed by atoms with E-state index in [1.54, 1.807) is 38.4 Å². The predicted octanol–water partition coefficient (Wildman–Crippen LogP) is 0.238. The Morgan fingerprint density at radius 3 is 2.09 bits per heavy atom. The highest BCUT2D eigenvalue weighted by molar-refractivity contribution is 6.21. The Balaban J connectivity index is 2.31. The van der Waals surface area contributed by atoms with Gasteiger partial charge in [-0.15, -0.1) is 0 Å². The van der Waals surface area contributed by atoms with Crippen LogP contribution in [0.4, 0.5) is 11.4 Å². The van der Waals surface area contributed by atoms with Gasteiger partial charge in [-0.1, -0.05) is 25.5 Å². The number of para-hydroxylation sites is 2. The molecule has 1 aromatic carbocycles. The third-order valence-electron chi connectivity index (χ3n) is 3.98. The summed E-state index contributed by atoms with van der Waals surface area (Å²) in [5, 5.41) is 2.49. The normalized spacial score (nSPS) is 16.9. The molecule has 1 atom stereocenters. The number of nitrogens with one attached hydrogen (secondary N) is 1. The van der Waals surface area contributed by atoms with Crippen molar-refractivity contribution in [2.45, 2.75) is 31.8 Å². The predicted molar refractivity (Wildman–Crippen MR) is 88.1 cm³/mol. The standard InChI is InChI=1S/C16H22N4O3/c1-4-7-10(17)14(21)18-13-15(22)19(2)11-8-5-6-9-12(11)20(3)16(13)23/h5-6,8-10,13H,4,7,17H2,1-3H3,(H,18,21)/t10-/m0/s1. The summed E-state index contributed by atoms with van der Waals surface area (Å²) in [4.78, 5) is 40.1. The molecule has 3 N–H and O–H groups in total. The number of likely N-dealkylation sites (N-methyl/N-ethyl adjacent to an activating group) is 2. The molecule has 0 saturated heterocycles. The summed E-state index contributed by atoms with van der Waals surface area (Å²) < 4.78 is 0. The molecule has 0 spiro atoms. The second kappa shape index (κ2) is 6.78. The fraction of sp³-hybridized carbons (Fsp3) is 0.438. The van der Waals surface area contributed by atoms with Crippen LogP contribution in [0, 0.1) is 0 Å². The third-order valence-corrected chi connectivity index (χ3v) is 3.98. The molecule has 7 nitrogen and oxygen atoms in total. The molecule has 0 unspecified atom stereocenters. The van der Waals surface area contributed by atoms with Crippen LogP contribution in [-0.2, 0) is 14.4 Å². The lowest BCUT2D eigenvalue weighted by molar-refractivity contribution is -0.134. The summed E-state index contributed by atoms with van der Waals surface area (Å²) >= 11 is 0. The highest BCUT2D eigenvalue weighted by Crippen LogP contribution is 2.31. The molecule has 0 radical (unpaired) electrons. The van der Waals surface area contributed by atoms with E-state index in [4.69, 9.17) is 5.73 Å². The summed E-state index contributed by atoms with van der Waals surface area (Å²) in [6.07, 6.45) is 1.24. The molecule has 23 heavy (non-hydrogen) atoms. The van der Waals surface area contributed by atoms with Gasteiger partial charge in [0.1, 0.15) is 0 Å². The van der Waals surface area contributed by atoms with Crippen LogP contribution in [0.5, 0.6) is 0 Å². The first-order valence-corrected chi connectivity index (χ1v) is 7.58. The lowest BCUT2D eigenvalue weighted by atomic mass is 10.1. The first-order chi connectivity index (χ1) is 10.9. The number of hydrogen-bond acceptors (Lipinski definition) is 4. The Morgan fingerprint density at radius 2 is 1.65 bits per heavy atom. The number of fused-ring (bicyclic) bond motifs is 1. The second-order valence-electron chi connectivity index (χ2n) is 5.62. The molecule has 0 saturated carbocycles. The van der Waals surface area contributed by atoms with Gasteiger partial charge in [-0.25, -0.2) is 0 Å². The highest BCUT2D eigenvalue weighted by atomic mass is 16.2. The van der Waals surface area contributed by atoms with Crippen molar-refractivity contribution in [2.75, 3.05) is 23.9 Å². The van der Waals surface area contributed by atoms with Crippen LogP contribution >= 0.6 is 0 Å². The topological polar surface area (TPSA) is 95.7 Å². The molecule has 124 valence electrons. The van der Waals surface area contributed by atoms with Crippen molar-refractivity contribution in [2.24, 2.45) is 5.73 Å². The Labute approximate surface area is 135 Å². The van der Waals surface area contributed by atoms with Crippen LogP contribution in [0.3, 0.4) is 0 Å². The zero-order chi connectivity index (χ0) is 17.1. The monoisotopic (exact) mass is 318 g/mol. The van der Waals surface area contributed by atoms with Gasteiger partial charge in [-0.3, -0.25) is 14.4 Å². The van der Waals surface area contributed by atoms with Crippen LogP contribution in [-0.4, -0.2) is 43.9 Å². The van der Waals surface area contributed by atoms with Crippen LogP contribution in [0.2, 0.25) is 0 Å². The molecule has 1 aliphatic rings. The average molecular weight is 318 g/mol. The molecular formula is C16H22N4O3. The summed E-state index contributed by atoms with van der Waals surface area (Å²) in [5.41, 5.74) is 6.99. The van der Waals surface area contributed by atoms with Gasteiger partial charge in [0.05, 0.1) is 17.4 Å². The minimum absolute atomic E-state index is 0.483. The van der Waals surface area contributed by atoms with E-state index in [0.717, 1.165) is 6.42 Å². The summed E-state index contributed by atoms with van der Waals surface area (Å²) in [6.45, 7) is 1.91. The quantitative estimate of drug-likeness (QED) is 0.777. The highest BCUT2D eigenvalue weighted by Gasteiger charge is 2.38. The molecule has 0 fully saturated rings. The molecule has 0 aliphatic carbocycles. The number of nitrogens with zero attached hydrogens (tertiary/aromatic N) is 2. The summed E-state index contributed by atoms with van der Waals surface area (Å²) in [5.74, 6) is -1.46. The van der Waals surface area contributed by atoms with Crippen molar-refractivity contribution in [3.8, 4) is 0 Å². The van der Waals surface area contributed by atoms with Crippen LogP contribution in [0.15, 0.2) is 24.3 Å². The second-order valence-corrected chi connectivity index (χ2v) is 5.62. The smallest absolute Gasteiger partial charge is 0.259 e. The van der Waals surface area contributed by atoms with Crippen LogP contribution < -0.4 is 20.9 Å². The minimum atomic E-state index is -1.27. The fourth-order valence-corrected chi connectivity index (χ4v) is 2.58. The van der Waals surface area contributed by atoms with Crippen molar-refractivity contribution in [3.63, 3.8) is 0 Å². The fourth-order valence-electron chi connectivity index (χ4n) is 2.58. The maximum Gasteiger partial charge on any atom is 0.259 e. The number of hydrogen-bond donors (Lipinski definition) is 2. The first kappa shape index (κ1) is 17.0. The SMILES string of the molecule is CCC[C@H](N)C(=O)NC1C(=O)N(C)c2ccccc2N(C)C1=O. The lowest BCUT2D eigenvalue weighted by Crippen LogP contribution is -2.57. The maximum absolute atomic E-state index is 12.6. The number of amides is 3. The van der Waals surface area contributed by atoms with E-state index in [-0.39, 0.29) is 0 Å². The Bertz CT molecular complexity index is 591.